The molecule has 9 nitrogen and oxygen atoms in total. The molecular weight excluding hydrogens is 515 g/mol. The van der Waals surface area contributed by atoms with Crippen molar-refractivity contribution in [2.75, 3.05) is 11.9 Å². The Morgan fingerprint density at radius 1 is 0.975 bits per heavy atom. The summed E-state index contributed by atoms with van der Waals surface area (Å²) in [5, 5.41) is 12.7. The highest BCUT2D eigenvalue weighted by Crippen LogP contribution is 2.32. The molecule has 0 radical (unpaired) electrons. The summed E-state index contributed by atoms with van der Waals surface area (Å²) < 4.78 is 17.7. The number of nitrogens with one attached hydrogen (secondary N) is 1. The zero-order chi connectivity index (χ0) is 28.2. The molecular formula is C30H35FN4O5. The molecule has 2 aliphatic rings. The van der Waals surface area contributed by atoms with Gasteiger partial charge in [-0.3, -0.25) is 23.5 Å². The average molecular weight is 551 g/mol. The predicted molar refractivity (Wildman–Crippen MR) is 150 cm³/mol. The van der Waals surface area contributed by atoms with Crippen LogP contribution in [0.3, 0.4) is 0 Å². The van der Waals surface area contributed by atoms with E-state index in [4.69, 9.17) is 0 Å². The van der Waals surface area contributed by atoms with Gasteiger partial charge in [0.25, 0.3) is 5.56 Å². The van der Waals surface area contributed by atoms with Crippen molar-refractivity contribution >= 4 is 28.5 Å². The quantitative estimate of drug-likeness (QED) is 0.411. The molecule has 10 heteroatoms. The number of aromatic nitrogens is 2. The minimum atomic E-state index is -1.21. The van der Waals surface area contributed by atoms with E-state index in [0.717, 1.165) is 73.3 Å². The SMILES string of the molecule is O=C(O)CN(Cc1ccccc1)C(=O)Cn1c(=O)c2cc(F)c(NC3CCCCC3)cc2n(C2CCCC2)c1=O. The first kappa shape index (κ1) is 27.6. The molecule has 0 aliphatic heterocycles. The minimum absolute atomic E-state index is 0.00987. The molecule has 0 unspecified atom stereocenters. The first-order chi connectivity index (χ1) is 19.3. The standard InChI is InChI=1S/C30H35FN4O5/c31-24-15-23-26(16-25(24)32-21-11-5-2-6-12-21)35(22-13-7-8-14-22)30(40)34(29(23)39)18-27(36)33(19-28(37)38)17-20-9-3-1-4-10-20/h1,3-4,9-10,15-16,21-22,32H,2,5-8,11-14,17-19H2,(H,37,38). The van der Waals surface area contributed by atoms with Crippen molar-refractivity contribution in [3.63, 3.8) is 0 Å². The lowest BCUT2D eigenvalue weighted by Crippen LogP contribution is -2.46. The van der Waals surface area contributed by atoms with E-state index >= 15 is 4.39 Å². The first-order valence-corrected chi connectivity index (χ1v) is 14.1. The van der Waals surface area contributed by atoms with Gasteiger partial charge in [-0.05, 0) is 43.4 Å². The summed E-state index contributed by atoms with van der Waals surface area (Å²) in [6, 6.07) is 11.6. The zero-order valence-corrected chi connectivity index (χ0v) is 22.5. The summed E-state index contributed by atoms with van der Waals surface area (Å²) in [5.74, 6) is -2.47. The fourth-order valence-corrected chi connectivity index (χ4v) is 6.06. The Kier molecular flexibility index (Phi) is 8.32. The second-order valence-corrected chi connectivity index (χ2v) is 10.9. The molecule has 0 spiro atoms. The molecule has 2 aromatic carbocycles. The van der Waals surface area contributed by atoms with Crippen LogP contribution in [0.25, 0.3) is 10.9 Å². The third-order valence-corrected chi connectivity index (χ3v) is 8.10. The van der Waals surface area contributed by atoms with Crippen molar-refractivity contribution in [3.8, 4) is 0 Å². The van der Waals surface area contributed by atoms with E-state index in [9.17, 15) is 24.3 Å². The lowest BCUT2D eigenvalue weighted by atomic mass is 9.95. The smallest absolute Gasteiger partial charge is 0.332 e. The number of nitrogens with zero attached hydrogens (tertiary/aromatic N) is 3. The van der Waals surface area contributed by atoms with Gasteiger partial charge in [-0.2, -0.15) is 0 Å². The van der Waals surface area contributed by atoms with Crippen LogP contribution in [-0.4, -0.2) is 43.6 Å². The maximum atomic E-state index is 15.3. The summed E-state index contributed by atoms with van der Waals surface area (Å²) in [6.07, 6.45) is 8.50. The van der Waals surface area contributed by atoms with Crippen LogP contribution in [0.4, 0.5) is 10.1 Å². The Morgan fingerprint density at radius 2 is 1.65 bits per heavy atom. The molecule has 2 fully saturated rings. The van der Waals surface area contributed by atoms with Gasteiger partial charge in [0.1, 0.15) is 18.9 Å². The third kappa shape index (κ3) is 5.95. The van der Waals surface area contributed by atoms with Crippen molar-refractivity contribution in [3.05, 3.63) is 74.7 Å². The van der Waals surface area contributed by atoms with Crippen LogP contribution in [-0.2, 0) is 22.7 Å². The lowest BCUT2D eigenvalue weighted by molar-refractivity contribution is -0.145. The number of aliphatic carboxylic acids is 1. The molecule has 0 atom stereocenters. The highest BCUT2D eigenvalue weighted by Gasteiger charge is 2.27. The molecule has 2 saturated carbocycles. The first-order valence-electron chi connectivity index (χ1n) is 14.1. The fourth-order valence-electron chi connectivity index (χ4n) is 6.06. The molecule has 3 aromatic rings. The van der Waals surface area contributed by atoms with Gasteiger partial charge in [0.2, 0.25) is 5.91 Å². The van der Waals surface area contributed by atoms with Crippen LogP contribution in [0.2, 0.25) is 0 Å². The number of hydrogen-bond donors (Lipinski definition) is 2. The predicted octanol–water partition coefficient (Wildman–Crippen LogP) is 4.28. The van der Waals surface area contributed by atoms with Crippen molar-refractivity contribution < 1.29 is 19.1 Å². The highest BCUT2D eigenvalue weighted by atomic mass is 19.1. The summed E-state index contributed by atoms with van der Waals surface area (Å²) in [6.45, 7) is -1.21. The summed E-state index contributed by atoms with van der Waals surface area (Å²) in [5.41, 5.74) is -0.0543. The minimum Gasteiger partial charge on any atom is -0.480 e. The Bertz CT molecular complexity index is 1500. The van der Waals surface area contributed by atoms with Crippen molar-refractivity contribution in [2.24, 2.45) is 0 Å². The second-order valence-electron chi connectivity index (χ2n) is 10.9. The van der Waals surface area contributed by atoms with Crippen LogP contribution >= 0.6 is 0 Å². The third-order valence-electron chi connectivity index (χ3n) is 8.10. The van der Waals surface area contributed by atoms with Gasteiger partial charge in [0.05, 0.1) is 16.6 Å². The molecule has 1 aromatic heterocycles. The average Bonchev–Trinajstić information content (AvgIpc) is 3.47. The van der Waals surface area contributed by atoms with Gasteiger partial charge in [0, 0.05) is 18.6 Å². The number of hydrogen-bond acceptors (Lipinski definition) is 5. The summed E-state index contributed by atoms with van der Waals surface area (Å²) in [4.78, 5) is 53.4. The Labute approximate surface area is 231 Å². The molecule has 0 saturated heterocycles. The topological polar surface area (TPSA) is 114 Å². The van der Waals surface area contributed by atoms with E-state index in [1.807, 2.05) is 6.07 Å². The van der Waals surface area contributed by atoms with Crippen LogP contribution in [0.5, 0.6) is 0 Å². The van der Waals surface area contributed by atoms with Crippen LogP contribution in [0, 0.1) is 5.82 Å². The monoisotopic (exact) mass is 550 g/mol. The van der Waals surface area contributed by atoms with Gasteiger partial charge in [0.15, 0.2) is 0 Å². The number of rotatable bonds is 9. The molecule has 0 bridgehead atoms. The molecule has 5 rings (SSSR count). The van der Waals surface area contributed by atoms with E-state index in [-0.39, 0.29) is 29.7 Å². The van der Waals surface area contributed by atoms with Gasteiger partial charge in [-0.1, -0.05) is 62.4 Å². The highest BCUT2D eigenvalue weighted by molar-refractivity contribution is 5.84. The Hall–Kier alpha value is -3.95. The Balaban J connectivity index is 1.55. The van der Waals surface area contributed by atoms with Crippen molar-refractivity contribution in [1.82, 2.24) is 14.0 Å². The largest absolute Gasteiger partial charge is 0.480 e. The zero-order valence-electron chi connectivity index (χ0n) is 22.5. The molecule has 2 aliphatic carbocycles. The maximum absolute atomic E-state index is 15.3. The second kappa shape index (κ2) is 12.1. The van der Waals surface area contributed by atoms with E-state index in [1.165, 1.54) is 0 Å². The molecule has 2 N–H and O–H groups in total. The number of anilines is 1. The van der Waals surface area contributed by atoms with E-state index < -0.39 is 42.0 Å². The molecule has 1 heterocycles. The molecule has 1 amide bonds. The summed E-state index contributed by atoms with van der Waals surface area (Å²) in [7, 11) is 0. The Morgan fingerprint density at radius 3 is 2.33 bits per heavy atom. The van der Waals surface area contributed by atoms with E-state index in [1.54, 1.807) is 34.9 Å². The number of carbonyl (C=O) groups excluding carboxylic acids is 1. The maximum Gasteiger partial charge on any atom is 0.332 e. The van der Waals surface area contributed by atoms with Gasteiger partial charge >= 0.3 is 11.7 Å². The normalized spacial score (nSPS) is 16.3. The van der Waals surface area contributed by atoms with E-state index in [0.29, 0.717) is 11.1 Å². The molecule has 40 heavy (non-hydrogen) atoms. The number of amides is 1. The lowest BCUT2D eigenvalue weighted by Gasteiger charge is -2.25. The molecule has 212 valence electrons. The van der Waals surface area contributed by atoms with Crippen LogP contribution in [0.1, 0.15) is 69.4 Å². The van der Waals surface area contributed by atoms with Gasteiger partial charge in [-0.25, -0.2) is 9.18 Å². The fraction of sp³-hybridized carbons (Fsp3) is 0.467. The van der Waals surface area contributed by atoms with Crippen molar-refractivity contribution in [2.45, 2.75) is 83.0 Å². The van der Waals surface area contributed by atoms with Gasteiger partial charge in [-0.15, -0.1) is 0 Å². The number of halogens is 1. The number of benzene rings is 2. The van der Waals surface area contributed by atoms with Gasteiger partial charge < -0.3 is 15.3 Å². The number of carboxylic acid groups (broad SMARTS) is 1. The van der Waals surface area contributed by atoms with Crippen molar-refractivity contribution in [1.29, 1.82) is 0 Å². The van der Waals surface area contributed by atoms with Crippen LogP contribution in [0.15, 0.2) is 52.1 Å². The summed E-state index contributed by atoms with van der Waals surface area (Å²) >= 11 is 0. The van der Waals surface area contributed by atoms with E-state index in [2.05, 4.69) is 5.32 Å². The number of carbonyl (C=O) groups is 2. The van der Waals surface area contributed by atoms with Crippen LogP contribution < -0.4 is 16.6 Å². The number of carboxylic acids is 1. The number of fused-ring (bicyclic) bond motifs is 1.